The number of carbonyl (C=O) groups excluding carboxylic acids is 1. The zero-order valence-electron chi connectivity index (χ0n) is 16.5. The molecule has 0 atom stereocenters. The molecule has 148 valence electrons. The van der Waals surface area contributed by atoms with Crippen LogP contribution in [0.1, 0.15) is 36.4 Å². The SMILES string of the molecule is CCN(CC)CCn1nc(C)c(CC(=O)NCc2ccc(F)cc2Cl)c1C. The quantitative estimate of drug-likeness (QED) is 0.708. The molecule has 0 aliphatic carbocycles. The monoisotopic (exact) mass is 394 g/mol. The Balaban J connectivity index is 1.97. The van der Waals surface area contributed by atoms with Gasteiger partial charge in [0.1, 0.15) is 5.82 Å². The second-order valence-corrected chi connectivity index (χ2v) is 7.00. The summed E-state index contributed by atoms with van der Waals surface area (Å²) in [5, 5.41) is 7.75. The lowest BCUT2D eigenvalue weighted by Crippen LogP contribution is -2.27. The number of halogens is 2. The molecule has 0 aliphatic heterocycles. The summed E-state index contributed by atoms with van der Waals surface area (Å²) >= 11 is 6.00. The van der Waals surface area contributed by atoms with Crippen LogP contribution in [-0.2, 0) is 24.3 Å². The predicted molar refractivity (Wildman–Crippen MR) is 106 cm³/mol. The van der Waals surface area contributed by atoms with Gasteiger partial charge in [0, 0.05) is 29.4 Å². The molecule has 1 heterocycles. The van der Waals surface area contributed by atoms with Gasteiger partial charge < -0.3 is 10.2 Å². The molecule has 0 bridgehead atoms. The molecule has 0 saturated heterocycles. The van der Waals surface area contributed by atoms with Crippen LogP contribution >= 0.6 is 11.6 Å². The van der Waals surface area contributed by atoms with Gasteiger partial charge in [0.25, 0.3) is 0 Å². The molecule has 1 N–H and O–H groups in total. The maximum absolute atomic E-state index is 13.1. The zero-order valence-corrected chi connectivity index (χ0v) is 17.2. The van der Waals surface area contributed by atoms with Crippen LogP contribution in [0.2, 0.25) is 5.02 Å². The molecular weight excluding hydrogens is 367 g/mol. The van der Waals surface area contributed by atoms with Gasteiger partial charge in [0.05, 0.1) is 18.7 Å². The van der Waals surface area contributed by atoms with E-state index >= 15 is 0 Å². The smallest absolute Gasteiger partial charge is 0.224 e. The molecular formula is C20H28ClFN4O. The molecule has 1 amide bonds. The van der Waals surface area contributed by atoms with Crippen LogP contribution in [0.15, 0.2) is 18.2 Å². The van der Waals surface area contributed by atoms with Crippen molar-refractivity contribution in [2.75, 3.05) is 19.6 Å². The molecule has 27 heavy (non-hydrogen) atoms. The number of nitrogens with one attached hydrogen (secondary N) is 1. The molecule has 0 radical (unpaired) electrons. The van der Waals surface area contributed by atoms with E-state index in [9.17, 15) is 9.18 Å². The van der Waals surface area contributed by atoms with E-state index in [1.807, 2.05) is 18.5 Å². The highest BCUT2D eigenvalue weighted by Crippen LogP contribution is 2.17. The highest BCUT2D eigenvalue weighted by Gasteiger charge is 2.15. The Morgan fingerprint density at radius 1 is 1.30 bits per heavy atom. The normalized spacial score (nSPS) is 11.2. The molecule has 1 aromatic heterocycles. The summed E-state index contributed by atoms with van der Waals surface area (Å²) in [7, 11) is 0. The van der Waals surface area contributed by atoms with Crippen molar-refractivity contribution in [1.82, 2.24) is 20.0 Å². The molecule has 2 aromatic rings. The van der Waals surface area contributed by atoms with Gasteiger partial charge in [0.2, 0.25) is 5.91 Å². The molecule has 7 heteroatoms. The first-order valence-corrected chi connectivity index (χ1v) is 9.69. The molecule has 0 unspecified atom stereocenters. The maximum Gasteiger partial charge on any atom is 0.224 e. The third kappa shape index (κ3) is 5.78. The van der Waals surface area contributed by atoms with E-state index in [0.29, 0.717) is 10.6 Å². The van der Waals surface area contributed by atoms with Crippen LogP contribution in [0.3, 0.4) is 0 Å². The van der Waals surface area contributed by atoms with Gasteiger partial charge in [-0.3, -0.25) is 9.48 Å². The Labute approximate surface area is 165 Å². The summed E-state index contributed by atoms with van der Waals surface area (Å²) in [5.41, 5.74) is 3.55. The summed E-state index contributed by atoms with van der Waals surface area (Å²) in [6, 6.07) is 4.17. The number of nitrogens with zero attached hydrogens (tertiary/aromatic N) is 3. The van der Waals surface area contributed by atoms with Crippen LogP contribution < -0.4 is 5.32 Å². The van der Waals surface area contributed by atoms with Gasteiger partial charge in [-0.2, -0.15) is 5.10 Å². The molecule has 2 rings (SSSR count). The van der Waals surface area contributed by atoms with Gasteiger partial charge in [-0.1, -0.05) is 31.5 Å². The average Bonchev–Trinajstić information content (AvgIpc) is 2.89. The van der Waals surface area contributed by atoms with Crippen molar-refractivity contribution in [2.24, 2.45) is 0 Å². The summed E-state index contributed by atoms with van der Waals surface area (Å²) in [6.07, 6.45) is 0.266. The number of benzene rings is 1. The van der Waals surface area contributed by atoms with E-state index in [-0.39, 0.29) is 18.9 Å². The number of aromatic nitrogens is 2. The number of rotatable bonds is 9. The summed E-state index contributed by atoms with van der Waals surface area (Å²) < 4.78 is 15.1. The van der Waals surface area contributed by atoms with Gasteiger partial charge in [-0.05, 0) is 44.6 Å². The zero-order chi connectivity index (χ0) is 20.0. The lowest BCUT2D eigenvalue weighted by Gasteiger charge is -2.18. The molecule has 5 nitrogen and oxygen atoms in total. The Hall–Kier alpha value is -1.92. The lowest BCUT2D eigenvalue weighted by atomic mass is 10.1. The minimum atomic E-state index is -0.390. The van der Waals surface area contributed by atoms with Gasteiger partial charge >= 0.3 is 0 Å². The molecule has 0 aliphatic rings. The topological polar surface area (TPSA) is 50.2 Å². The number of likely N-dealkylation sites (N-methyl/N-ethyl adjacent to an activating group) is 1. The van der Waals surface area contributed by atoms with E-state index in [2.05, 4.69) is 29.2 Å². The van der Waals surface area contributed by atoms with Gasteiger partial charge in [0.15, 0.2) is 0 Å². The van der Waals surface area contributed by atoms with Crippen LogP contribution in [0.5, 0.6) is 0 Å². The second-order valence-electron chi connectivity index (χ2n) is 6.59. The summed E-state index contributed by atoms with van der Waals surface area (Å²) in [5.74, 6) is -0.497. The van der Waals surface area contributed by atoms with Crippen LogP contribution in [0.4, 0.5) is 4.39 Å². The molecule has 0 spiro atoms. The van der Waals surface area contributed by atoms with E-state index in [1.165, 1.54) is 12.1 Å². The van der Waals surface area contributed by atoms with E-state index in [1.54, 1.807) is 6.07 Å². The van der Waals surface area contributed by atoms with E-state index in [0.717, 1.165) is 43.1 Å². The first-order chi connectivity index (χ1) is 12.8. The third-order valence-corrected chi connectivity index (χ3v) is 5.23. The predicted octanol–water partition coefficient (Wildman–Crippen LogP) is 3.49. The van der Waals surface area contributed by atoms with Crippen LogP contribution in [0, 0.1) is 19.7 Å². The maximum atomic E-state index is 13.1. The Morgan fingerprint density at radius 3 is 2.63 bits per heavy atom. The van der Waals surface area contributed by atoms with Crippen molar-refractivity contribution in [2.45, 2.75) is 47.2 Å². The third-order valence-electron chi connectivity index (χ3n) is 4.88. The average molecular weight is 395 g/mol. The number of amides is 1. The van der Waals surface area contributed by atoms with Crippen LogP contribution in [-0.4, -0.2) is 40.2 Å². The molecule has 0 saturated carbocycles. The Morgan fingerprint density at radius 2 is 2.00 bits per heavy atom. The van der Waals surface area contributed by atoms with Crippen molar-refractivity contribution in [3.05, 3.63) is 51.6 Å². The molecule has 1 aromatic carbocycles. The minimum Gasteiger partial charge on any atom is -0.352 e. The van der Waals surface area contributed by atoms with Crippen molar-refractivity contribution in [3.63, 3.8) is 0 Å². The van der Waals surface area contributed by atoms with Crippen LogP contribution in [0.25, 0.3) is 0 Å². The Kier molecular flexibility index (Phi) is 7.80. The van der Waals surface area contributed by atoms with Crippen molar-refractivity contribution >= 4 is 17.5 Å². The fourth-order valence-corrected chi connectivity index (χ4v) is 3.30. The van der Waals surface area contributed by atoms with E-state index in [4.69, 9.17) is 11.6 Å². The van der Waals surface area contributed by atoms with Crippen molar-refractivity contribution in [3.8, 4) is 0 Å². The highest BCUT2D eigenvalue weighted by molar-refractivity contribution is 6.31. The number of hydrogen-bond acceptors (Lipinski definition) is 3. The van der Waals surface area contributed by atoms with Crippen molar-refractivity contribution < 1.29 is 9.18 Å². The van der Waals surface area contributed by atoms with Gasteiger partial charge in [-0.15, -0.1) is 0 Å². The minimum absolute atomic E-state index is 0.107. The second kappa shape index (κ2) is 9.85. The van der Waals surface area contributed by atoms with E-state index < -0.39 is 5.82 Å². The van der Waals surface area contributed by atoms with Crippen molar-refractivity contribution in [1.29, 1.82) is 0 Å². The number of aryl methyl sites for hydroxylation is 1. The molecule has 0 fully saturated rings. The standard InChI is InChI=1S/C20H28ClFN4O/c1-5-25(6-2)9-10-26-15(4)18(14(3)24-26)12-20(27)23-13-16-7-8-17(22)11-19(16)21/h7-8,11H,5-6,9-10,12-13H2,1-4H3,(H,23,27). The van der Waals surface area contributed by atoms with Gasteiger partial charge in [-0.25, -0.2) is 4.39 Å². The highest BCUT2D eigenvalue weighted by atomic mass is 35.5. The first-order valence-electron chi connectivity index (χ1n) is 9.31. The fraction of sp³-hybridized carbons (Fsp3) is 0.500. The summed E-state index contributed by atoms with van der Waals surface area (Å²) in [4.78, 5) is 14.7. The number of carbonyl (C=O) groups is 1. The Bertz CT molecular complexity index is 787. The first kappa shape index (κ1) is 21.4. The summed E-state index contributed by atoms with van der Waals surface area (Å²) in [6.45, 7) is 12.3. The largest absolute Gasteiger partial charge is 0.352 e. The lowest BCUT2D eigenvalue weighted by molar-refractivity contribution is -0.120. The fourth-order valence-electron chi connectivity index (χ4n) is 3.07. The number of hydrogen-bond donors (Lipinski definition) is 1.